The van der Waals surface area contributed by atoms with E-state index in [0.717, 1.165) is 5.69 Å². The highest BCUT2D eigenvalue weighted by Gasteiger charge is 2.23. The fraction of sp³-hybridized carbons (Fsp3) is 0.250. The third-order valence-electron chi connectivity index (χ3n) is 4.64. The van der Waals surface area contributed by atoms with Crippen LogP contribution in [0, 0.1) is 10.1 Å². The normalized spacial score (nSPS) is 13.9. The number of halogens is 1. The minimum atomic E-state index is -0.405. The lowest BCUT2D eigenvalue weighted by molar-refractivity contribution is -0.383. The summed E-state index contributed by atoms with van der Waals surface area (Å²) in [6.45, 7) is 6.52. The summed E-state index contributed by atoms with van der Waals surface area (Å²) in [5, 5.41) is 14.8. The molecule has 1 aliphatic rings. The summed E-state index contributed by atoms with van der Waals surface area (Å²) in [5.74, 6) is -0.0200. The van der Waals surface area contributed by atoms with Crippen LogP contribution in [0.1, 0.15) is 10.4 Å². The smallest absolute Gasteiger partial charge is 0.292 e. The predicted molar refractivity (Wildman–Crippen MR) is 111 cm³/mol. The number of hydrogen-bond donors (Lipinski definition) is 1. The van der Waals surface area contributed by atoms with Crippen LogP contribution in [0.4, 0.5) is 17.1 Å². The number of amides is 1. The van der Waals surface area contributed by atoms with Crippen molar-refractivity contribution in [1.29, 1.82) is 0 Å². The molecule has 0 aromatic heterocycles. The monoisotopic (exact) mass is 400 g/mol. The van der Waals surface area contributed by atoms with Crippen molar-refractivity contribution in [3.63, 3.8) is 0 Å². The summed E-state index contributed by atoms with van der Waals surface area (Å²) in [6.07, 6.45) is 1.65. The molecule has 3 rings (SSSR count). The number of benzene rings is 2. The number of rotatable bonds is 6. The number of piperazine rings is 1. The van der Waals surface area contributed by atoms with Crippen molar-refractivity contribution in [3.05, 3.63) is 75.8 Å². The molecule has 0 saturated carbocycles. The second-order valence-corrected chi connectivity index (χ2v) is 6.85. The van der Waals surface area contributed by atoms with Gasteiger partial charge in [0.15, 0.2) is 0 Å². The fourth-order valence-corrected chi connectivity index (χ4v) is 3.27. The molecular weight excluding hydrogens is 380 g/mol. The van der Waals surface area contributed by atoms with E-state index in [1.165, 1.54) is 6.07 Å². The lowest BCUT2D eigenvalue weighted by atomic mass is 10.1. The number of nitrogens with one attached hydrogen (secondary N) is 1. The number of nitro groups is 1. The Balaban J connectivity index is 1.68. The third kappa shape index (κ3) is 4.43. The van der Waals surface area contributed by atoms with Crippen LogP contribution in [0.2, 0.25) is 5.02 Å². The Bertz CT molecular complexity index is 878. The Kier molecular flexibility index (Phi) is 6.16. The van der Waals surface area contributed by atoms with Crippen molar-refractivity contribution >= 4 is 34.6 Å². The lowest BCUT2D eigenvalue weighted by Gasteiger charge is -2.36. The van der Waals surface area contributed by atoms with Crippen molar-refractivity contribution in [3.8, 4) is 0 Å². The van der Waals surface area contributed by atoms with Crippen molar-refractivity contribution in [2.24, 2.45) is 0 Å². The van der Waals surface area contributed by atoms with Gasteiger partial charge in [-0.25, -0.2) is 0 Å². The number of anilines is 2. The SMILES string of the molecule is C=CCNc1cc(N2CCN(C(=O)c3ccc(Cl)cc3)CC2)ccc1[N+](=O)[O-]. The van der Waals surface area contributed by atoms with Gasteiger partial charge in [0.25, 0.3) is 11.6 Å². The van der Waals surface area contributed by atoms with Crippen LogP contribution in [-0.2, 0) is 0 Å². The highest BCUT2D eigenvalue weighted by atomic mass is 35.5. The van der Waals surface area contributed by atoms with Gasteiger partial charge in [0.05, 0.1) is 4.92 Å². The van der Waals surface area contributed by atoms with E-state index in [1.807, 2.05) is 4.90 Å². The zero-order valence-corrected chi connectivity index (χ0v) is 16.1. The molecule has 0 bridgehead atoms. The first-order chi connectivity index (χ1) is 13.5. The van der Waals surface area contributed by atoms with Gasteiger partial charge in [-0.15, -0.1) is 6.58 Å². The molecule has 1 saturated heterocycles. The number of hydrogen-bond acceptors (Lipinski definition) is 5. The Hall–Kier alpha value is -3.06. The molecule has 1 aliphatic heterocycles. The van der Waals surface area contributed by atoms with Crippen LogP contribution in [0.25, 0.3) is 0 Å². The van der Waals surface area contributed by atoms with Crippen molar-refractivity contribution in [2.75, 3.05) is 42.9 Å². The molecular formula is C20H21ClN4O3. The van der Waals surface area contributed by atoms with Crippen LogP contribution in [0.3, 0.4) is 0 Å². The van der Waals surface area contributed by atoms with E-state index in [0.29, 0.717) is 49.0 Å². The molecule has 2 aromatic rings. The average Bonchev–Trinajstić information content (AvgIpc) is 2.72. The highest BCUT2D eigenvalue weighted by molar-refractivity contribution is 6.30. The summed E-state index contributed by atoms with van der Waals surface area (Å²) in [5.41, 5.74) is 1.99. The van der Waals surface area contributed by atoms with Gasteiger partial charge in [0.1, 0.15) is 5.69 Å². The van der Waals surface area contributed by atoms with Crippen molar-refractivity contribution < 1.29 is 9.72 Å². The summed E-state index contributed by atoms with van der Waals surface area (Å²) in [4.78, 5) is 27.4. The molecule has 1 fully saturated rings. The molecule has 7 nitrogen and oxygen atoms in total. The van der Waals surface area contributed by atoms with Gasteiger partial charge in [-0.3, -0.25) is 14.9 Å². The summed E-state index contributed by atoms with van der Waals surface area (Å²) >= 11 is 5.88. The quantitative estimate of drug-likeness (QED) is 0.453. The van der Waals surface area contributed by atoms with Crippen LogP contribution < -0.4 is 10.2 Å². The number of carbonyl (C=O) groups is 1. The summed E-state index contributed by atoms with van der Waals surface area (Å²) in [7, 11) is 0. The minimum Gasteiger partial charge on any atom is -0.376 e. The van der Waals surface area contributed by atoms with Gasteiger partial charge < -0.3 is 15.1 Å². The molecule has 0 aliphatic carbocycles. The van der Waals surface area contributed by atoms with E-state index in [-0.39, 0.29) is 11.6 Å². The molecule has 0 unspecified atom stereocenters. The van der Waals surface area contributed by atoms with Crippen LogP contribution >= 0.6 is 11.6 Å². The van der Waals surface area contributed by atoms with Gasteiger partial charge >= 0.3 is 0 Å². The molecule has 28 heavy (non-hydrogen) atoms. The van der Waals surface area contributed by atoms with E-state index in [9.17, 15) is 14.9 Å². The zero-order valence-electron chi connectivity index (χ0n) is 15.3. The lowest BCUT2D eigenvalue weighted by Crippen LogP contribution is -2.48. The second-order valence-electron chi connectivity index (χ2n) is 6.41. The second kappa shape index (κ2) is 8.75. The van der Waals surface area contributed by atoms with Gasteiger partial charge in [-0.05, 0) is 36.4 Å². The van der Waals surface area contributed by atoms with Crippen molar-refractivity contribution in [2.45, 2.75) is 0 Å². The molecule has 8 heteroatoms. The van der Waals surface area contributed by atoms with Gasteiger partial charge in [0, 0.05) is 55.1 Å². The molecule has 2 aromatic carbocycles. The molecule has 0 atom stereocenters. The topological polar surface area (TPSA) is 78.7 Å². The van der Waals surface area contributed by atoms with Crippen LogP contribution in [-0.4, -0.2) is 48.5 Å². The molecule has 1 amide bonds. The fourth-order valence-electron chi connectivity index (χ4n) is 3.15. The van der Waals surface area contributed by atoms with Gasteiger partial charge in [-0.1, -0.05) is 17.7 Å². The molecule has 0 radical (unpaired) electrons. The Morgan fingerprint density at radius 2 is 1.86 bits per heavy atom. The molecule has 1 heterocycles. The number of nitrogens with zero attached hydrogens (tertiary/aromatic N) is 3. The Morgan fingerprint density at radius 1 is 1.18 bits per heavy atom. The van der Waals surface area contributed by atoms with E-state index in [2.05, 4.69) is 16.8 Å². The Morgan fingerprint density at radius 3 is 2.46 bits per heavy atom. The molecule has 0 spiro atoms. The first-order valence-corrected chi connectivity index (χ1v) is 9.30. The average molecular weight is 401 g/mol. The van der Waals surface area contributed by atoms with E-state index >= 15 is 0 Å². The van der Waals surface area contributed by atoms with Crippen molar-refractivity contribution in [1.82, 2.24) is 4.90 Å². The van der Waals surface area contributed by atoms with E-state index < -0.39 is 4.92 Å². The van der Waals surface area contributed by atoms with E-state index in [1.54, 1.807) is 42.5 Å². The maximum atomic E-state index is 12.6. The van der Waals surface area contributed by atoms with Crippen LogP contribution in [0.5, 0.6) is 0 Å². The molecule has 146 valence electrons. The van der Waals surface area contributed by atoms with Gasteiger partial charge in [-0.2, -0.15) is 0 Å². The maximum Gasteiger partial charge on any atom is 0.292 e. The number of carbonyl (C=O) groups excluding carboxylic acids is 1. The standard InChI is InChI=1S/C20H21ClN4O3/c1-2-9-22-18-14-17(7-8-19(18)25(27)28)23-10-12-24(13-11-23)20(26)15-3-5-16(21)6-4-15/h2-8,14,22H,1,9-13H2. The van der Waals surface area contributed by atoms with Gasteiger partial charge in [0.2, 0.25) is 0 Å². The summed E-state index contributed by atoms with van der Waals surface area (Å²) < 4.78 is 0. The maximum absolute atomic E-state index is 12.6. The first kappa shape index (κ1) is 19.7. The Labute approximate surface area is 168 Å². The molecule has 1 N–H and O–H groups in total. The van der Waals surface area contributed by atoms with E-state index in [4.69, 9.17) is 11.6 Å². The predicted octanol–water partition coefficient (Wildman–Crippen LogP) is 3.81. The number of nitro benzene ring substituents is 1. The largest absolute Gasteiger partial charge is 0.376 e. The third-order valence-corrected chi connectivity index (χ3v) is 4.89. The highest BCUT2D eigenvalue weighted by Crippen LogP contribution is 2.30. The first-order valence-electron chi connectivity index (χ1n) is 8.92. The zero-order chi connectivity index (χ0) is 20.1. The summed E-state index contributed by atoms with van der Waals surface area (Å²) in [6, 6.07) is 11.9. The van der Waals surface area contributed by atoms with Crippen LogP contribution in [0.15, 0.2) is 55.1 Å². The minimum absolute atomic E-state index is 0.0200.